The van der Waals surface area contributed by atoms with Crippen LogP contribution < -0.4 is 5.73 Å². The number of aromatic nitrogens is 1. The summed E-state index contributed by atoms with van der Waals surface area (Å²) < 4.78 is 18.7. The van der Waals surface area contributed by atoms with Crippen LogP contribution in [0.3, 0.4) is 0 Å². The summed E-state index contributed by atoms with van der Waals surface area (Å²) in [5, 5.41) is 0.202. The highest BCUT2D eigenvalue weighted by Gasteiger charge is 2.12. The number of nitrogens with zero attached hydrogens (tertiary/aromatic N) is 1. The third kappa shape index (κ3) is 1.80. The summed E-state index contributed by atoms with van der Waals surface area (Å²) in [6.45, 7) is 0. The van der Waals surface area contributed by atoms with Gasteiger partial charge in [-0.1, -0.05) is 17.7 Å². The molecule has 0 spiro atoms. The van der Waals surface area contributed by atoms with E-state index < -0.39 is 5.82 Å². The first-order valence-electron chi connectivity index (χ1n) is 5.25. The SMILES string of the molecule is Nc1cccc(-c2nc3cc(F)cc(Cl)c3o2)c1. The lowest BCUT2D eigenvalue weighted by molar-refractivity contribution is 0.614. The minimum Gasteiger partial charge on any atom is -0.435 e. The Morgan fingerprint density at radius 3 is 2.83 bits per heavy atom. The molecule has 2 aromatic carbocycles. The first kappa shape index (κ1) is 11.0. The number of hydrogen-bond acceptors (Lipinski definition) is 3. The van der Waals surface area contributed by atoms with Crippen molar-refractivity contribution in [2.45, 2.75) is 0 Å². The largest absolute Gasteiger partial charge is 0.435 e. The number of fused-ring (bicyclic) bond motifs is 1. The van der Waals surface area contributed by atoms with Crippen LogP contribution in [0, 0.1) is 5.82 Å². The van der Waals surface area contributed by atoms with Gasteiger partial charge in [-0.05, 0) is 24.3 Å². The Morgan fingerprint density at radius 2 is 2.06 bits per heavy atom. The van der Waals surface area contributed by atoms with Gasteiger partial charge in [-0.15, -0.1) is 0 Å². The first-order valence-corrected chi connectivity index (χ1v) is 5.63. The summed E-state index contributed by atoms with van der Waals surface area (Å²) in [7, 11) is 0. The summed E-state index contributed by atoms with van der Waals surface area (Å²) in [5.74, 6) is -0.0790. The maximum atomic E-state index is 13.2. The number of nitrogen functional groups attached to an aromatic ring is 1. The Balaban J connectivity index is 2.22. The van der Waals surface area contributed by atoms with Gasteiger partial charge in [0, 0.05) is 17.3 Å². The zero-order chi connectivity index (χ0) is 12.7. The maximum Gasteiger partial charge on any atom is 0.227 e. The summed E-state index contributed by atoms with van der Waals surface area (Å²) >= 11 is 5.90. The van der Waals surface area contributed by atoms with E-state index in [0.29, 0.717) is 22.7 Å². The van der Waals surface area contributed by atoms with E-state index in [1.165, 1.54) is 12.1 Å². The molecular weight excluding hydrogens is 255 g/mol. The zero-order valence-electron chi connectivity index (χ0n) is 9.15. The number of nitrogens with two attached hydrogens (primary N) is 1. The van der Waals surface area contributed by atoms with Crippen LogP contribution in [0.5, 0.6) is 0 Å². The Labute approximate surface area is 107 Å². The van der Waals surface area contributed by atoms with Gasteiger partial charge < -0.3 is 10.2 Å². The quantitative estimate of drug-likeness (QED) is 0.677. The Hall–Kier alpha value is -2.07. The molecule has 0 aliphatic carbocycles. The van der Waals surface area contributed by atoms with Gasteiger partial charge in [0.25, 0.3) is 0 Å². The number of hydrogen-bond donors (Lipinski definition) is 1. The third-order valence-electron chi connectivity index (χ3n) is 2.54. The number of anilines is 1. The van der Waals surface area contributed by atoms with Gasteiger partial charge in [0.1, 0.15) is 11.3 Å². The van der Waals surface area contributed by atoms with Gasteiger partial charge in [-0.3, -0.25) is 0 Å². The van der Waals surface area contributed by atoms with Crippen LogP contribution >= 0.6 is 11.6 Å². The summed E-state index contributed by atoms with van der Waals surface area (Å²) in [4.78, 5) is 4.20. The second kappa shape index (κ2) is 3.99. The molecule has 0 bridgehead atoms. The van der Waals surface area contributed by atoms with Crippen molar-refractivity contribution in [1.29, 1.82) is 0 Å². The highest BCUT2D eigenvalue weighted by atomic mass is 35.5. The van der Waals surface area contributed by atoms with Gasteiger partial charge >= 0.3 is 0 Å². The molecule has 0 aliphatic rings. The molecule has 0 saturated heterocycles. The standard InChI is InChI=1S/C13H8ClFN2O/c14-10-5-8(15)6-11-12(10)18-13(17-11)7-2-1-3-9(16)4-7/h1-6H,16H2. The fourth-order valence-corrected chi connectivity index (χ4v) is 1.99. The van der Waals surface area contributed by atoms with Gasteiger partial charge in [-0.25, -0.2) is 9.37 Å². The molecule has 18 heavy (non-hydrogen) atoms. The van der Waals surface area contributed by atoms with Crippen molar-refractivity contribution in [3.63, 3.8) is 0 Å². The fourth-order valence-electron chi connectivity index (χ4n) is 1.75. The van der Waals surface area contributed by atoms with Crippen LogP contribution in [0.1, 0.15) is 0 Å². The highest BCUT2D eigenvalue weighted by molar-refractivity contribution is 6.34. The minimum atomic E-state index is -0.445. The minimum absolute atomic E-state index is 0.202. The van der Waals surface area contributed by atoms with E-state index >= 15 is 0 Å². The van der Waals surface area contributed by atoms with Crippen LogP contribution in [-0.4, -0.2) is 4.98 Å². The highest BCUT2D eigenvalue weighted by Crippen LogP contribution is 2.30. The molecule has 5 heteroatoms. The molecule has 0 unspecified atom stereocenters. The summed E-state index contributed by atoms with van der Waals surface area (Å²) in [6.07, 6.45) is 0. The molecule has 1 heterocycles. The first-order chi connectivity index (χ1) is 8.63. The van der Waals surface area contributed by atoms with E-state index in [2.05, 4.69) is 4.98 Å². The molecule has 0 atom stereocenters. The Morgan fingerprint density at radius 1 is 1.22 bits per heavy atom. The number of oxazole rings is 1. The van der Waals surface area contributed by atoms with Crippen LogP contribution in [-0.2, 0) is 0 Å². The van der Waals surface area contributed by atoms with E-state index in [0.717, 1.165) is 5.56 Å². The van der Waals surface area contributed by atoms with Crippen molar-refractivity contribution >= 4 is 28.4 Å². The Kier molecular flexibility index (Phi) is 2.45. The molecule has 3 nitrogen and oxygen atoms in total. The van der Waals surface area contributed by atoms with E-state index in [1.807, 2.05) is 6.07 Å². The molecule has 0 radical (unpaired) electrons. The summed E-state index contributed by atoms with van der Waals surface area (Å²) in [6, 6.07) is 9.57. The molecule has 1 aromatic heterocycles. The lowest BCUT2D eigenvalue weighted by Crippen LogP contribution is -1.84. The molecule has 0 amide bonds. The lowest BCUT2D eigenvalue weighted by atomic mass is 10.2. The molecule has 0 aliphatic heterocycles. The van der Waals surface area contributed by atoms with E-state index in [-0.39, 0.29) is 5.02 Å². The fraction of sp³-hybridized carbons (Fsp3) is 0. The Bertz CT molecular complexity index is 739. The van der Waals surface area contributed by atoms with Gasteiger partial charge in [0.2, 0.25) is 5.89 Å². The van der Waals surface area contributed by atoms with Gasteiger partial charge in [-0.2, -0.15) is 0 Å². The zero-order valence-corrected chi connectivity index (χ0v) is 9.91. The second-order valence-electron chi connectivity index (χ2n) is 3.88. The average Bonchev–Trinajstić information content (AvgIpc) is 2.73. The molecule has 0 fully saturated rings. The number of rotatable bonds is 1. The number of halogens is 2. The van der Waals surface area contributed by atoms with Crippen LogP contribution in [0.4, 0.5) is 10.1 Å². The topological polar surface area (TPSA) is 52.0 Å². The average molecular weight is 263 g/mol. The van der Waals surface area contributed by atoms with Crippen molar-refractivity contribution in [3.8, 4) is 11.5 Å². The predicted molar refractivity (Wildman–Crippen MR) is 68.8 cm³/mol. The monoisotopic (exact) mass is 262 g/mol. The van der Waals surface area contributed by atoms with E-state index in [9.17, 15) is 4.39 Å². The van der Waals surface area contributed by atoms with E-state index in [1.54, 1.807) is 18.2 Å². The smallest absolute Gasteiger partial charge is 0.227 e. The van der Waals surface area contributed by atoms with E-state index in [4.69, 9.17) is 21.8 Å². The molecule has 90 valence electrons. The van der Waals surface area contributed by atoms with Crippen molar-refractivity contribution in [2.24, 2.45) is 0 Å². The van der Waals surface area contributed by atoms with Crippen molar-refractivity contribution in [2.75, 3.05) is 5.73 Å². The predicted octanol–water partition coefficient (Wildman–Crippen LogP) is 3.87. The molecule has 3 rings (SSSR count). The lowest BCUT2D eigenvalue weighted by Gasteiger charge is -1.96. The van der Waals surface area contributed by atoms with Crippen LogP contribution in [0.15, 0.2) is 40.8 Å². The third-order valence-corrected chi connectivity index (χ3v) is 2.82. The molecule has 3 aromatic rings. The molecular formula is C13H8ClFN2O. The normalized spacial score (nSPS) is 11.0. The molecule has 0 saturated carbocycles. The number of benzene rings is 2. The van der Waals surface area contributed by atoms with Crippen molar-refractivity contribution in [3.05, 3.63) is 47.2 Å². The van der Waals surface area contributed by atoms with Crippen molar-refractivity contribution in [1.82, 2.24) is 4.98 Å². The van der Waals surface area contributed by atoms with Gasteiger partial charge in [0.15, 0.2) is 5.58 Å². The van der Waals surface area contributed by atoms with Crippen molar-refractivity contribution < 1.29 is 8.81 Å². The second-order valence-corrected chi connectivity index (χ2v) is 4.29. The molecule has 2 N–H and O–H groups in total. The summed E-state index contributed by atoms with van der Waals surface area (Å²) in [5.41, 5.74) is 7.77. The maximum absolute atomic E-state index is 13.2. The van der Waals surface area contributed by atoms with Crippen LogP contribution in [0.2, 0.25) is 5.02 Å². The van der Waals surface area contributed by atoms with Crippen LogP contribution in [0.25, 0.3) is 22.6 Å². The van der Waals surface area contributed by atoms with Gasteiger partial charge in [0.05, 0.1) is 5.02 Å².